The molecule has 0 aliphatic rings. The third kappa shape index (κ3) is 4.63. The maximum absolute atomic E-state index is 10.7. The molecule has 0 saturated heterocycles. The van der Waals surface area contributed by atoms with Crippen LogP contribution in [-0.2, 0) is 4.79 Å². The molecule has 9 heteroatoms. The number of primary amides is 1. The predicted molar refractivity (Wildman–Crippen MR) is 87.7 cm³/mol. The molecule has 2 rings (SSSR count). The van der Waals surface area contributed by atoms with E-state index in [4.69, 9.17) is 11.6 Å². The zero-order chi connectivity index (χ0) is 15.8. The van der Waals surface area contributed by atoms with Gasteiger partial charge in [-0.25, -0.2) is 10.1 Å². The summed E-state index contributed by atoms with van der Waals surface area (Å²) >= 11 is 1.10. The van der Waals surface area contributed by atoms with Crippen LogP contribution in [0, 0.1) is 0 Å². The number of anilines is 1. The van der Waals surface area contributed by atoms with Crippen LogP contribution in [0.4, 0.5) is 5.95 Å². The van der Waals surface area contributed by atoms with E-state index in [0.717, 1.165) is 17.3 Å². The Morgan fingerprint density at radius 3 is 2.86 bits per heavy atom. The molecule has 1 heterocycles. The van der Waals surface area contributed by atoms with Crippen molar-refractivity contribution in [2.45, 2.75) is 5.16 Å². The van der Waals surface area contributed by atoms with Gasteiger partial charge in [0.05, 0.1) is 5.75 Å². The van der Waals surface area contributed by atoms with Gasteiger partial charge < -0.3 is 11.6 Å². The Morgan fingerprint density at radius 2 is 2.14 bits per heavy atom. The maximum Gasteiger partial charge on any atom is 0.264 e. The van der Waals surface area contributed by atoms with Crippen LogP contribution in [-0.4, -0.2) is 32.7 Å². The van der Waals surface area contributed by atoms with Gasteiger partial charge in [-0.15, -0.1) is 10.2 Å². The van der Waals surface area contributed by atoms with E-state index >= 15 is 0 Å². The molecule has 0 aliphatic heterocycles. The Bertz CT molecular complexity index is 681. The first-order valence-corrected chi connectivity index (χ1v) is 7.28. The normalized spacial score (nSPS) is 11.3. The first-order chi connectivity index (χ1) is 10.7. The van der Waals surface area contributed by atoms with Crippen LogP contribution in [0.2, 0.25) is 0 Å². The number of nitrogen functional groups attached to an aromatic ring is 1. The number of rotatable bonds is 7. The number of thioether (sulfide) groups is 1. The summed E-state index contributed by atoms with van der Waals surface area (Å²) in [7, 11) is 0. The summed E-state index contributed by atoms with van der Waals surface area (Å²) in [6.45, 7) is 0. The molecular weight excluding hydrogens is 302 g/mol. The highest BCUT2D eigenvalue weighted by Gasteiger charge is 2.10. The Kier molecular flexibility index (Phi) is 5.55. The van der Waals surface area contributed by atoms with E-state index in [1.165, 1.54) is 4.68 Å². The molecule has 0 fully saturated rings. The molecule has 22 heavy (non-hydrogen) atoms. The summed E-state index contributed by atoms with van der Waals surface area (Å²) < 4.78 is 1.20. The molecule has 0 aliphatic carbocycles. The largest absolute Gasteiger partial charge is 0.369 e. The molecule has 0 unspecified atom stereocenters. The lowest BCUT2D eigenvalue weighted by Crippen LogP contribution is -2.16. The Balaban J connectivity index is 1.87. The third-order valence-electron chi connectivity index (χ3n) is 2.42. The summed E-state index contributed by atoms with van der Waals surface area (Å²) in [5.74, 6) is 5.65. The molecule has 0 radical (unpaired) electrons. The van der Waals surface area contributed by atoms with Gasteiger partial charge >= 0.3 is 0 Å². The number of allylic oxidation sites excluding steroid dienone is 1. The number of nitrogens with one attached hydrogen (secondary N) is 1. The van der Waals surface area contributed by atoms with Crippen molar-refractivity contribution in [2.75, 3.05) is 17.0 Å². The number of aromatic nitrogens is 3. The highest BCUT2D eigenvalue weighted by atomic mass is 32.2. The van der Waals surface area contributed by atoms with Crippen LogP contribution < -0.4 is 17.0 Å². The van der Waals surface area contributed by atoms with Gasteiger partial charge in [-0.2, -0.15) is 5.10 Å². The summed E-state index contributed by atoms with van der Waals surface area (Å²) in [5, 5.41) is 12.0. The molecular formula is C13H15N7OS. The molecule has 2 aromatic rings. The Hall–Kier alpha value is -2.81. The maximum atomic E-state index is 10.7. The van der Waals surface area contributed by atoms with Gasteiger partial charge in [-0.05, 0) is 11.6 Å². The molecule has 0 spiro atoms. The van der Waals surface area contributed by atoms with Gasteiger partial charge in [0, 0.05) is 6.21 Å². The molecule has 1 amide bonds. The minimum Gasteiger partial charge on any atom is -0.369 e. The molecule has 0 saturated carbocycles. The number of nitrogens with zero attached hydrogens (tertiary/aromatic N) is 4. The fourth-order valence-corrected chi connectivity index (χ4v) is 2.04. The van der Waals surface area contributed by atoms with E-state index in [0.29, 0.717) is 5.16 Å². The predicted octanol–water partition coefficient (Wildman–Crippen LogP) is 0.680. The second kappa shape index (κ2) is 7.84. The van der Waals surface area contributed by atoms with Gasteiger partial charge in [0.2, 0.25) is 11.1 Å². The fraction of sp³-hybridized carbons (Fsp3) is 0.0769. The SMILES string of the molecule is NC(=O)CSc1nnc(N/N=C/C=C/c2ccccc2)n1N. The van der Waals surface area contributed by atoms with Crippen molar-refractivity contribution in [3.63, 3.8) is 0 Å². The van der Waals surface area contributed by atoms with Gasteiger partial charge in [0.25, 0.3) is 5.95 Å². The lowest BCUT2D eigenvalue weighted by atomic mass is 10.2. The fourth-order valence-electron chi connectivity index (χ4n) is 1.44. The Labute approximate surface area is 131 Å². The molecule has 1 aromatic heterocycles. The first-order valence-electron chi connectivity index (χ1n) is 6.29. The van der Waals surface area contributed by atoms with E-state index in [-0.39, 0.29) is 11.7 Å². The van der Waals surface area contributed by atoms with E-state index in [9.17, 15) is 4.79 Å². The number of benzene rings is 1. The summed E-state index contributed by atoms with van der Waals surface area (Å²) in [6.07, 6.45) is 5.26. The first kappa shape index (κ1) is 15.6. The van der Waals surface area contributed by atoms with Crippen molar-refractivity contribution in [2.24, 2.45) is 10.8 Å². The van der Waals surface area contributed by atoms with Crippen molar-refractivity contribution < 1.29 is 4.79 Å². The van der Waals surface area contributed by atoms with Gasteiger partial charge in [-0.3, -0.25) is 4.79 Å². The average molecular weight is 317 g/mol. The number of carbonyl (C=O) groups excluding carboxylic acids is 1. The Morgan fingerprint density at radius 1 is 1.36 bits per heavy atom. The zero-order valence-corrected chi connectivity index (χ0v) is 12.4. The molecule has 114 valence electrons. The average Bonchev–Trinajstić information content (AvgIpc) is 2.86. The van der Waals surface area contributed by atoms with E-state index in [1.54, 1.807) is 12.3 Å². The summed E-state index contributed by atoms with van der Waals surface area (Å²) in [4.78, 5) is 10.7. The van der Waals surface area contributed by atoms with Gasteiger partial charge in [-0.1, -0.05) is 48.2 Å². The monoisotopic (exact) mass is 317 g/mol. The van der Waals surface area contributed by atoms with Crippen molar-refractivity contribution >= 4 is 35.9 Å². The molecule has 1 aromatic carbocycles. The molecule has 0 atom stereocenters. The lowest BCUT2D eigenvalue weighted by molar-refractivity contribution is -0.115. The van der Waals surface area contributed by atoms with Crippen molar-refractivity contribution in [3.05, 3.63) is 42.0 Å². The van der Waals surface area contributed by atoms with Crippen LogP contribution in [0.5, 0.6) is 0 Å². The van der Waals surface area contributed by atoms with Crippen LogP contribution in [0.25, 0.3) is 6.08 Å². The number of nitrogens with two attached hydrogens (primary N) is 2. The highest BCUT2D eigenvalue weighted by Crippen LogP contribution is 2.15. The standard InChI is InChI=1S/C13H15N7OS/c14-11(21)9-22-13-19-18-12(20(13)15)17-16-8-4-7-10-5-2-1-3-6-10/h1-8H,9,15H2,(H2,14,21)(H,17,18)/b7-4+,16-8+. The van der Waals surface area contributed by atoms with Gasteiger partial charge in [0.15, 0.2) is 0 Å². The number of hydrogen-bond acceptors (Lipinski definition) is 7. The quantitative estimate of drug-likeness (QED) is 0.298. The minimum atomic E-state index is -0.452. The summed E-state index contributed by atoms with van der Waals surface area (Å²) in [5.41, 5.74) is 8.78. The minimum absolute atomic E-state index is 0.0818. The smallest absolute Gasteiger partial charge is 0.264 e. The van der Waals surface area contributed by atoms with E-state index < -0.39 is 5.91 Å². The number of amides is 1. The number of hydrogen-bond donors (Lipinski definition) is 3. The topological polar surface area (TPSA) is 124 Å². The second-order valence-electron chi connectivity index (χ2n) is 4.09. The van der Waals surface area contributed by atoms with Crippen molar-refractivity contribution in [3.8, 4) is 0 Å². The lowest BCUT2D eigenvalue weighted by Gasteiger charge is -2.00. The van der Waals surface area contributed by atoms with Crippen molar-refractivity contribution in [1.29, 1.82) is 0 Å². The van der Waals surface area contributed by atoms with Crippen LogP contribution in [0.15, 0.2) is 46.7 Å². The van der Waals surface area contributed by atoms with Crippen LogP contribution >= 0.6 is 11.8 Å². The van der Waals surface area contributed by atoms with Gasteiger partial charge in [0.1, 0.15) is 0 Å². The summed E-state index contributed by atoms with van der Waals surface area (Å²) in [6, 6.07) is 9.83. The van der Waals surface area contributed by atoms with Crippen molar-refractivity contribution in [1.82, 2.24) is 14.9 Å². The number of hydrazone groups is 1. The number of carbonyl (C=O) groups is 1. The highest BCUT2D eigenvalue weighted by molar-refractivity contribution is 7.99. The zero-order valence-electron chi connectivity index (χ0n) is 11.6. The second-order valence-corrected chi connectivity index (χ2v) is 5.03. The van der Waals surface area contributed by atoms with Crippen LogP contribution in [0.1, 0.15) is 5.56 Å². The molecule has 8 nitrogen and oxygen atoms in total. The van der Waals surface area contributed by atoms with Crippen LogP contribution in [0.3, 0.4) is 0 Å². The van der Waals surface area contributed by atoms with E-state index in [2.05, 4.69) is 20.7 Å². The van der Waals surface area contributed by atoms with E-state index in [1.807, 2.05) is 36.4 Å². The third-order valence-corrected chi connectivity index (χ3v) is 3.39. The molecule has 0 bridgehead atoms. The molecule has 5 N–H and O–H groups in total.